The molecule has 5 heteroatoms. The molecular weight excluding hydrogens is 246 g/mol. The van der Waals surface area contributed by atoms with Gasteiger partial charge in [-0.05, 0) is 24.4 Å². The van der Waals surface area contributed by atoms with Crippen LogP contribution >= 0.6 is 11.3 Å². The Morgan fingerprint density at radius 2 is 2.39 bits per heavy atom. The molecule has 4 nitrogen and oxygen atoms in total. The van der Waals surface area contributed by atoms with Gasteiger partial charge in [0.05, 0.1) is 18.8 Å². The SMILES string of the molecule is CCCNC(c1cc(OC)n(C)n1)c1cccs1. The van der Waals surface area contributed by atoms with E-state index in [-0.39, 0.29) is 6.04 Å². The van der Waals surface area contributed by atoms with Gasteiger partial charge in [-0.2, -0.15) is 5.10 Å². The highest BCUT2D eigenvalue weighted by molar-refractivity contribution is 7.10. The van der Waals surface area contributed by atoms with Crippen molar-refractivity contribution in [2.24, 2.45) is 7.05 Å². The van der Waals surface area contributed by atoms with Gasteiger partial charge in [-0.3, -0.25) is 0 Å². The maximum atomic E-state index is 5.27. The molecule has 1 atom stereocenters. The van der Waals surface area contributed by atoms with Gasteiger partial charge in [0, 0.05) is 18.0 Å². The first-order valence-corrected chi connectivity index (χ1v) is 6.99. The van der Waals surface area contributed by atoms with Crippen molar-refractivity contribution in [1.29, 1.82) is 0 Å². The molecule has 0 aromatic carbocycles. The predicted molar refractivity (Wildman–Crippen MR) is 74.2 cm³/mol. The van der Waals surface area contributed by atoms with E-state index in [0.29, 0.717) is 0 Å². The van der Waals surface area contributed by atoms with Crippen LogP contribution in [-0.4, -0.2) is 23.4 Å². The van der Waals surface area contributed by atoms with Crippen LogP contribution in [-0.2, 0) is 7.05 Å². The molecule has 1 N–H and O–H groups in total. The molecule has 0 saturated carbocycles. The smallest absolute Gasteiger partial charge is 0.211 e. The molecule has 0 spiro atoms. The standard InChI is InChI=1S/C13H19N3OS/c1-4-7-14-13(11-6-5-8-18-11)10-9-12(17-3)16(2)15-10/h5-6,8-9,13-14H,4,7H2,1-3H3. The normalized spacial score (nSPS) is 12.6. The van der Waals surface area contributed by atoms with Crippen LogP contribution in [0.25, 0.3) is 0 Å². The Kier molecular flexibility index (Phi) is 4.38. The summed E-state index contributed by atoms with van der Waals surface area (Å²) in [4.78, 5) is 1.28. The number of methoxy groups -OCH3 is 1. The van der Waals surface area contributed by atoms with Crippen LogP contribution in [0, 0.1) is 0 Å². The number of hydrogen-bond donors (Lipinski definition) is 1. The lowest BCUT2D eigenvalue weighted by molar-refractivity contribution is 0.373. The molecule has 0 bridgehead atoms. The van der Waals surface area contributed by atoms with Crippen LogP contribution in [0.15, 0.2) is 23.6 Å². The quantitative estimate of drug-likeness (QED) is 0.872. The third kappa shape index (κ3) is 2.73. The fourth-order valence-corrected chi connectivity index (χ4v) is 2.71. The number of aromatic nitrogens is 2. The van der Waals surface area contributed by atoms with Crippen molar-refractivity contribution in [2.45, 2.75) is 19.4 Å². The summed E-state index contributed by atoms with van der Waals surface area (Å²) in [5.74, 6) is 0.782. The summed E-state index contributed by atoms with van der Waals surface area (Å²) in [6.07, 6.45) is 1.10. The third-order valence-corrected chi connectivity index (χ3v) is 3.72. The van der Waals surface area contributed by atoms with Gasteiger partial charge < -0.3 is 10.1 Å². The Labute approximate surface area is 112 Å². The predicted octanol–water partition coefficient (Wildman–Crippen LogP) is 2.58. The molecule has 98 valence electrons. The highest BCUT2D eigenvalue weighted by atomic mass is 32.1. The Bertz CT molecular complexity index is 478. The second-order valence-electron chi connectivity index (χ2n) is 4.14. The van der Waals surface area contributed by atoms with Crippen molar-refractivity contribution < 1.29 is 4.74 Å². The first-order chi connectivity index (χ1) is 8.76. The van der Waals surface area contributed by atoms with Gasteiger partial charge >= 0.3 is 0 Å². The van der Waals surface area contributed by atoms with Gasteiger partial charge in [0.2, 0.25) is 5.88 Å². The molecule has 0 amide bonds. The molecule has 0 fully saturated rings. The molecular formula is C13H19N3OS. The van der Waals surface area contributed by atoms with Gasteiger partial charge in [-0.1, -0.05) is 13.0 Å². The highest BCUT2D eigenvalue weighted by Gasteiger charge is 2.19. The van der Waals surface area contributed by atoms with Crippen molar-refractivity contribution in [3.8, 4) is 5.88 Å². The molecule has 2 heterocycles. The number of thiophene rings is 1. The summed E-state index contributed by atoms with van der Waals surface area (Å²) in [5.41, 5.74) is 1.00. The summed E-state index contributed by atoms with van der Waals surface area (Å²) in [6, 6.07) is 6.35. The number of rotatable bonds is 6. The molecule has 18 heavy (non-hydrogen) atoms. The third-order valence-electron chi connectivity index (χ3n) is 2.79. The Balaban J connectivity index is 2.27. The molecule has 0 aliphatic carbocycles. The highest BCUT2D eigenvalue weighted by Crippen LogP contribution is 2.27. The minimum atomic E-state index is 0.153. The van der Waals surface area contributed by atoms with Crippen molar-refractivity contribution in [3.05, 3.63) is 34.2 Å². The van der Waals surface area contributed by atoms with Crippen molar-refractivity contribution in [3.63, 3.8) is 0 Å². The van der Waals surface area contributed by atoms with Crippen LogP contribution in [0.5, 0.6) is 5.88 Å². The number of nitrogens with one attached hydrogen (secondary N) is 1. The van der Waals surface area contributed by atoms with E-state index in [0.717, 1.165) is 24.5 Å². The minimum absolute atomic E-state index is 0.153. The second kappa shape index (κ2) is 6.02. The van der Waals surface area contributed by atoms with E-state index in [1.54, 1.807) is 23.1 Å². The van der Waals surface area contributed by atoms with E-state index in [1.807, 2.05) is 13.1 Å². The molecule has 0 saturated heterocycles. The molecule has 2 rings (SSSR count). The Morgan fingerprint density at radius 3 is 2.94 bits per heavy atom. The lowest BCUT2D eigenvalue weighted by Gasteiger charge is -2.14. The van der Waals surface area contributed by atoms with Crippen molar-refractivity contribution in [2.75, 3.05) is 13.7 Å². The molecule has 0 aliphatic rings. The lowest BCUT2D eigenvalue weighted by atomic mass is 10.1. The fourth-order valence-electron chi connectivity index (χ4n) is 1.90. The number of aryl methyl sites for hydroxylation is 1. The fraction of sp³-hybridized carbons (Fsp3) is 0.462. The van der Waals surface area contributed by atoms with Crippen molar-refractivity contribution >= 4 is 11.3 Å². The topological polar surface area (TPSA) is 39.1 Å². The minimum Gasteiger partial charge on any atom is -0.481 e. The van der Waals surface area contributed by atoms with Crippen LogP contribution in [0.4, 0.5) is 0 Å². The van der Waals surface area contributed by atoms with Gasteiger partial charge in [0.25, 0.3) is 0 Å². The zero-order valence-electron chi connectivity index (χ0n) is 11.0. The Hall–Kier alpha value is -1.33. The second-order valence-corrected chi connectivity index (χ2v) is 5.12. The van der Waals surface area contributed by atoms with E-state index in [2.05, 4.69) is 34.9 Å². The lowest BCUT2D eigenvalue weighted by Crippen LogP contribution is -2.22. The van der Waals surface area contributed by atoms with Gasteiger partial charge in [-0.25, -0.2) is 4.68 Å². The summed E-state index contributed by atoms with van der Waals surface area (Å²) in [5, 5.41) is 10.2. The van der Waals surface area contributed by atoms with Crippen LogP contribution in [0.2, 0.25) is 0 Å². The Morgan fingerprint density at radius 1 is 1.56 bits per heavy atom. The van der Waals surface area contributed by atoms with E-state index in [4.69, 9.17) is 4.74 Å². The average molecular weight is 265 g/mol. The average Bonchev–Trinajstić information content (AvgIpc) is 3.00. The maximum absolute atomic E-state index is 5.27. The first kappa shape index (κ1) is 13.1. The van der Waals surface area contributed by atoms with Crippen LogP contribution in [0.1, 0.15) is 30.0 Å². The maximum Gasteiger partial charge on any atom is 0.211 e. The summed E-state index contributed by atoms with van der Waals surface area (Å²) in [6.45, 7) is 3.14. The largest absolute Gasteiger partial charge is 0.481 e. The van der Waals surface area contributed by atoms with E-state index >= 15 is 0 Å². The van der Waals surface area contributed by atoms with E-state index < -0.39 is 0 Å². The first-order valence-electron chi connectivity index (χ1n) is 6.11. The van der Waals surface area contributed by atoms with Crippen molar-refractivity contribution in [1.82, 2.24) is 15.1 Å². The molecule has 2 aromatic rings. The van der Waals surface area contributed by atoms with Gasteiger partial charge in [-0.15, -0.1) is 11.3 Å². The van der Waals surface area contributed by atoms with Crippen LogP contribution in [0.3, 0.4) is 0 Å². The molecule has 2 aromatic heterocycles. The van der Waals surface area contributed by atoms with Gasteiger partial charge in [0.15, 0.2) is 0 Å². The zero-order valence-corrected chi connectivity index (χ0v) is 11.8. The molecule has 0 radical (unpaired) electrons. The number of ether oxygens (including phenoxy) is 1. The van der Waals surface area contributed by atoms with E-state index in [9.17, 15) is 0 Å². The zero-order chi connectivity index (χ0) is 13.0. The summed E-state index contributed by atoms with van der Waals surface area (Å²) in [7, 11) is 3.56. The van der Waals surface area contributed by atoms with E-state index in [1.165, 1.54) is 4.88 Å². The molecule has 0 aliphatic heterocycles. The summed E-state index contributed by atoms with van der Waals surface area (Å²) >= 11 is 1.75. The van der Waals surface area contributed by atoms with Gasteiger partial charge in [0.1, 0.15) is 0 Å². The summed E-state index contributed by atoms with van der Waals surface area (Å²) < 4.78 is 7.04. The number of hydrogen-bond acceptors (Lipinski definition) is 4. The monoisotopic (exact) mass is 265 g/mol. The number of nitrogens with zero attached hydrogens (tertiary/aromatic N) is 2. The van der Waals surface area contributed by atoms with Crippen LogP contribution < -0.4 is 10.1 Å². The molecule has 1 unspecified atom stereocenters.